The summed E-state index contributed by atoms with van der Waals surface area (Å²) in [6.07, 6.45) is 2.35. The van der Waals surface area contributed by atoms with Gasteiger partial charge in [0.2, 0.25) is 0 Å². The average molecular weight is 249 g/mol. The van der Waals surface area contributed by atoms with Crippen LogP contribution in [0, 0.1) is 0 Å². The smallest absolute Gasteiger partial charge is 0.251 e. The number of ether oxygens (including phenoxy) is 2. The SMILES string of the molecule is CCNC(=O)c1cccc(OCC2CCCO2)c1. The van der Waals surface area contributed by atoms with Crippen LogP contribution in [0.5, 0.6) is 5.75 Å². The van der Waals surface area contributed by atoms with Crippen LogP contribution in [0.2, 0.25) is 0 Å². The molecule has 1 amide bonds. The Kier molecular flexibility index (Phi) is 4.59. The molecular formula is C14H19NO3. The summed E-state index contributed by atoms with van der Waals surface area (Å²) in [5.41, 5.74) is 0.627. The van der Waals surface area contributed by atoms with Crippen molar-refractivity contribution >= 4 is 5.91 Å². The Morgan fingerprint density at radius 3 is 3.17 bits per heavy atom. The summed E-state index contributed by atoms with van der Waals surface area (Å²) in [6, 6.07) is 7.23. The summed E-state index contributed by atoms with van der Waals surface area (Å²) in [5.74, 6) is 0.648. The molecule has 18 heavy (non-hydrogen) atoms. The first-order chi connectivity index (χ1) is 8.79. The Morgan fingerprint density at radius 2 is 2.44 bits per heavy atom. The van der Waals surface area contributed by atoms with Gasteiger partial charge in [0.1, 0.15) is 12.4 Å². The summed E-state index contributed by atoms with van der Waals surface area (Å²) < 4.78 is 11.1. The molecule has 1 aliphatic heterocycles. The van der Waals surface area contributed by atoms with Crippen molar-refractivity contribution in [3.8, 4) is 5.75 Å². The quantitative estimate of drug-likeness (QED) is 0.868. The van der Waals surface area contributed by atoms with Crippen molar-refractivity contribution in [2.75, 3.05) is 19.8 Å². The molecule has 1 unspecified atom stereocenters. The van der Waals surface area contributed by atoms with E-state index in [1.54, 1.807) is 12.1 Å². The van der Waals surface area contributed by atoms with Gasteiger partial charge in [0.15, 0.2) is 0 Å². The molecule has 1 heterocycles. The van der Waals surface area contributed by atoms with Gasteiger partial charge in [-0.3, -0.25) is 4.79 Å². The minimum absolute atomic E-state index is 0.0694. The molecule has 1 saturated heterocycles. The van der Waals surface area contributed by atoms with Gasteiger partial charge in [-0.05, 0) is 38.0 Å². The van der Waals surface area contributed by atoms with Crippen LogP contribution < -0.4 is 10.1 Å². The maximum atomic E-state index is 11.7. The number of hydrogen-bond donors (Lipinski definition) is 1. The van der Waals surface area contributed by atoms with E-state index in [2.05, 4.69) is 5.32 Å². The number of amides is 1. The van der Waals surface area contributed by atoms with Crippen LogP contribution in [0.1, 0.15) is 30.1 Å². The molecule has 1 atom stereocenters. The maximum Gasteiger partial charge on any atom is 0.251 e. The lowest BCUT2D eigenvalue weighted by atomic mass is 10.2. The maximum absolute atomic E-state index is 11.7. The van der Waals surface area contributed by atoms with Crippen LogP contribution in [-0.2, 0) is 4.74 Å². The molecule has 1 N–H and O–H groups in total. The van der Waals surface area contributed by atoms with Gasteiger partial charge in [0, 0.05) is 18.7 Å². The lowest BCUT2D eigenvalue weighted by Crippen LogP contribution is -2.22. The van der Waals surface area contributed by atoms with E-state index in [1.165, 1.54) is 0 Å². The lowest BCUT2D eigenvalue weighted by Gasteiger charge is -2.12. The number of carbonyl (C=O) groups excluding carboxylic acids is 1. The summed E-state index contributed by atoms with van der Waals surface area (Å²) >= 11 is 0. The van der Waals surface area contributed by atoms with E-state index >= 15 is 0 Å². The second-order valence-corrected chi connectivity index (χ2v) is 4.33. The van der Waals surface area contributed by atoms with Crippen molar-refractivity contribution in [3.05, 3.63) is 29.8 Å². The Balaban J connectivity index is 1.91. The third kappa shape index (κ3) is 3.47. The van der Waals surface area contributed by atoms with Gasteiger partial charge < -0.3 is 14.8 Å². The van der Waals surface area contributed by atoms with Crippen LogP contribution >= 0.6 is 0 Å². The highest BCUT2D eigenvalue weighted by Gasteiger charge is 2.16. The highest BCUT2D eigenvalue weighted by atomic mass is 16.5. The average Bonchev–Trinajstić information content (AvgIpc) is 2.90. The predicted octanol–water partition coefficient (Wildman–Crippen LogP) is 1.99. The summed E-state index contributed by atoms with van der Waals surface area (Å²) in [5, 5.41) is 2.77. The molecule has 0 spiro atoms. The first-order valence-corrected chi connectivity index (χ1v) is 6.42. The molecule has 4 nitrogen and oxygen atoms in total. The molecule has 0 radical (unpaired) electrons. The zero-order valence-electron chi connectivity index (χ0n) is 10.6. The minimum atomic E-state index is -0.0694. The monoisotopic (exact) mass is 249 g/mol. The molecule has 0 saturated carbocycles. The standard InChI is InChI=1S/C14H19NO3/c1-2-15-14(16)11-5-3-6-12(9-11)18-10-13-7-4-8-17-13/h3,5-6,9,13H,2,4,7-8,10H2,1H3,(H,15,16). The van der Waals surface area contributed by atoms with Crippen LogP contribution in [0.25, 0.3) is 0 Å². The van der Waals surface area contributed by atoms with Gasteiger partial charge in [0.05, 0.1) is 6.10 Å². The van der Waals surface area contributed by atoms with Gasteiger partial charge in [0.25, 0.3) is 5.91 Å². The topological polar surface area (TPSA) is 47.6 Å². The number of benzene rings is 1. The van der Waals surface area contributed by atoms with Gasteiger partial charge in [-0.15, -0.1) is 0 Å². The van der Waals surface area contributed by atoms with Crippen molar-refractivity contribution in [3.63, 3.8) is 0 Å². The summed E-state index contributed by atoms with van der Waals surface area (Å²) in [4.78, 5) is 11.7. The molecule has 4 heteroatoms. The van der Waals surface area contributed by atoms with Crippen LogP contribution in [0.3, 0.4) is 0 Å². The van der Waals surface area contributed by atoms with E-state index in [-0.39, 0.29) is 12.0 Å². The van der Waals surface area contributed by atoms with Gasteiger partial charge in [-0.25, -0.2) is 0 Å². The molecule has 98 valence electrons. The van der Waals surface area contributed by atoms with Crippen molar-refractivity contribution in [2.24, 2.45) is 0 Å². The molecular weight excluding hydrogens is 230 g/mol. The lowest BCUT2D eigenvalue weighted by molar-refractivity contribution is 0.0679. The summed E-state index contributed by atoms with van der Waals surface area (Å²) in [6.45, 7) is 3.90. The molecule has 2 rings (SSSR count). The Morgan fingerprint density at radius 1 is 1.56 bits per heavy atom. The summed E-state index contributed by atoms with van der Waals surface area (Å²) in [7, 11) is 0. The molecule has 1 aliphatic rings. The molecule has 0 aromatic heterocycles. The van der Waals surface area contributed by atoms with E-state index in [4.69, 9.17) is 9.47 Å². The zero-order chi connectivity index (χ0) is 12.8. The van der Waals surface area contributed by atoms with Crippen molar-refractivity contribution < 1.29 is 14.3 Å². The van der Waals surface area contributed by atoms with E-state index in [0.717, 1.165) is 19.4 Å². The van der Waals surface area contributed by atoms with Crippen LogP contribution in [-0.4, -0.2) is 31.8 Å². The third-order valence-corrected chi connectivity index (χ3v) is 2.89. The van der Waals surface area contributed by atoms with Crippen LogP contribution in [0.15, 0.2) is 24.3 Å². The molecule has 0 bridgehead atoms. The third-order valence-electron chi connectivity index (χ3n) is 2.89. The molecule has 1 aromatic carbocycles. The predicted molar refractivity (Wildman–Crippen MR) is 68.9 cm³/mol. The van der Waals surface area contributed by atoms with Gasteiger partial charge in [-0.1, -0.05) is 6.07 Å². The van der Waals surface area contributed by atoms with Gasteiger partial charge in [-0.2, -0.15) is 0 Å². The fourth-order valence-electron chi connectivity index (χ4n) is 1.95. The first-order valence-electron chi connectivity index (χ1n) is 6.42. The second kappa shape index (κ2) is 6.40. The van der Waals surface area contributed by atoms with Crippen LogP contribution in [0.4, 0.5) is 0 Å². The highest BCUT2D eigenvalue weighted by molar-refractivity contribution is 5.94. The minimum Gasteiger partial charge on any atom is -0.491 e. The zero-order valence-corrected chi connectivity index (χ0v) is 10.6. The van der Waals surface area contributed by atoms with Gasteiger partial charge >= 0.3 is 0 Å². The molecule has 1 aromatic rings. The number of carbonyl (C=O) groups is 1. The Labute approximate surface area is 107 Å². The normalized spacial score (nSPS) is 18.6. The fraction of sp³-hybridized carbons (Fsp3) is 0.500. The first kappa shape index (κ1) is 12.9. The van der Waals surface area contributed by atoms with E-state index in [0.29, 0.717) is 24.5 Å². The molecule has 1 fully saturated rings. The van der Waals surface area contributed by atoms with E-state index < -0.39 is 0 Å². The molecule has 0 aliphatic carbocycles. The van der Waals surface area contributed by atoms with E-state index in [9.17, 15) is 4.79 Å². The Hall–Kier alpha value is -1.55. The largest absolute Gasteiger partial charge is 0.491 e. The number of hydrogen-bond acceptors (Lipinski definition) is 3. The second-order valence-electron chi connectivity index (χ2n) is 4.33. The van der Waals surface area contributed by atoms with E-state index in [1.807, 2.05) is 19.1 Å². The number of nitrogens with one attached hydrogen (secondary N) is 1. The van der Waals surface area contributed by atoms with Crippen molar-refractivity contribution in [1.29, 1.82) is 0 Å². The highest BCUT2D eigenvalue weighted by Crippen LogP contribution is 2.17. The Bertz CT molecular complexity index is 400. The van der Waals surface area contributed by atoms with Crippen molar-refractivity contribution in [1.82, 2.24) is 5.32 Å². The fourth-order valence-corrected chi connectivity index (χ4v) is 1.95. The van der Waals surface area contributed by atoms with Crippen molar-refractivity contribution in [2.45, 2.75) is 25.9 Å². The number of rotatable bonds is 5.